The van der Waals surface area contributed by atoms with Crippen LogP contribution in [0.5, 0.6) is 0 Å². The molecule has 0 unspecified atom stereocenters. The van der Waals surface area contributed by atoms with E-state index in [2.05, 4.69) is 85.8 Å². The Labute approximate surface area is 142 Å². The first-order valence-corrected chi connectivity index (χ1v) is 8.09. The molecule has 24 heavy (non-hydrogen) atoms. The fraction of sp³-hybridized carbons (Fsp3) is 0.316. The molecular formula is C19H23N5. The summed E-state index contributed by atoms with van der Waals surface area (Å²) in [6, 6.07) is 14.5. The molecule has 0 saturated heterocycles. The van der Waals surface area contributed by atoms with Crippen molar-refractivity contribution in [2.45, 2.75) is 40.2 Å². The zero-order valence-corrected chi connectivity index (χ0v) is 14.8. The van der Waals surface area contributed by atoms with Crippen LogP contribution in [0.3, 0.4) is 0 Å². The van der Waals surface area contributed by atoms with E-state index in [0.717, 1.165) is 28.3 Å². The van der Waals surface area contributed by atoms with Gasteiger partial charge < -0.3 is 5.32 Å². The zero-order chi connectivity index (χ0) is 17.3. The van der Waals surface area contributed by atoms with Crippen LogP contribution in [0.4, 0.5) is 5.69 Å². The van der Waals surface area contributed by atoms with Crippen LogP contribution in [0.15, 0.2) is 42.5 Å². The van der Waals surface area contributed by atoms with E-state index < -0.39 is 5.54 Å². The van der Waals surface area contributed by atoms with Crippen LogP contribution in [-0.2, 0) is 5.54 Å². The van der Waals surface area contributed by atoms with E-state index in [0.29, 0.717) is 0 Å². The topological polar surface area (TPSA) is 55.6 Å². The summed E-state index contributed by atoms with van der Waals surface area (Å²) in [6.07, 6.45) is 0. The predicted octanol–water partition coefficient (Wildman–Crippen LogP) is 3.93. The van der Waals surface area contributed by atoms with E-state index >= 15 is 0 Å². The molecule has 0 spiro atoms. The average molecular weight is 321 g/mol. The van der Waals surface area contributed by atoms with E-state index in [1.165, 1.54) is 5.56 Å². The van der Waals surface area contributed by atoms with Crippen molar-refractivity contribution in [3.8, 4) is 5.69 Å². The molecule has 0 bridgehead atoms. The van der Waals surface area contributed by atoms with Crippen LogP contribution in [0, 0.1) is 20.8 Å². The maximum atomic E-state index is 4.30. The SMILES string of the molecule is Cc1cccc(NC(C)(C)c2nnnn2-c2c(C)cccc2C)c1. The molecule has 2 aromatic carbocycles. The number of para-hydroxylation sites is 1. The molecule has 5 nitrogen and oxygen atoms in total. The van der Waals surface area contributed by atoms with Gasteiger partial charge in [0.15, 0.2) is 5.82 Å². The third-order valence-corrected chi connectivity index (χ3v) is 4.15. The smallest absolute Gasteiger partial charge is 0.181 e. The summed E-state index contributed by atoms with van der Waals surface area (Å²) in [4.78, 5) is 0. The first kappa shape index (κ1) is 16.2. The fourth-order valence-corrected chi connectivity index (χ4v) is 3.01. The number of benzene rings is 2. The normalized spacial score (nSPS) is 11.5. The van der Waals surface area contributed by atoms with Crippen molar-refractivity contribution in [2.75, 3.05) is 5.32 Å². The molecule has 0 fully saturated rings. The highest BCUT2D eigenvalue weighted by molar-refractivity contribution is 5.50. The third-order valence-electron chi connectivity index (χ3n) is 4.15. The molecular weight excluding hydrogens is 298 g/mol. The molecule has 5 heteroatoms. The highest BCUT2D eigenvalue weighted by Gasteiger charge is 2.29. The molecule has 1 aromatic heterocycles. The van der Waals surface area contributed by atoms with Crippen LogP contribution < -0.4 is 5.32 Å². The Bertz CT molecular complexity index is 843. The molecule has 0 aliphatic carbocycles. The molecule has 0 aliphatic rings. The molecule has 0 saturated carbocycles. The Morgan fingerprint density at radius 2 is 1.62 bits per heavy atom. The van der Waals surface area contributed by atoms with Crippen LogP contribution in [0.2, 0.25) is 0 Å². The fourth-order valence-electron chi connectivity index (χ4n) is 3.01. The first-order valence-electron chi connectivity index (χ1n) is 8.09. The summed E-state index contributed by atoms with van der Waals surface area (Å²) in [5.41, 5.74) is 5.18. The van der Waals surface area contributed by atoms with Crippen LogP contribution in [-0.4, -0.2) is 20.2 Å². The lowest BCUT2D eigenvalue weighted by atomic mass is 10.0. The molecule has 1 N–H and O–H groups in total. The van der Waals surface area contributed by atoms with Gasteiger partial charge in [-0.2, -0.15) is 4.68 Å². The number of hydrogen-bond acceptors (Lipinski definition) is 4. The van der Waals surface area contributed by atoms with Crippen LogP contribution in [0.25, 0.3) is 5.69 Å². The van der Waals surface area contributed by atoms with Crippen molar-refractivity contribution in [2.24, 2.45) is 0 Å². The maximum absolute atomic E-state index is 4.30. The Hall–Kier alpha value is -2.69. The van der Waals surface area contributed by atoms with Crippen molar-refractivity contribution in [1.29, 1.82) is 0 Å². The van der Waals surface area contributed by atoms with E-state index in [9.17, 15) is 0 Å². The van der Waals surface area contributed by atoms with E-state index in [4.69, 9.17) is 0 Å². The first-order chi connectivity index (χ1) is 11.4. The highest BCUT2D eigenvalue weighted by atomic mass is 15.6. The highest BCUT2D eigenvalue weighted by Crippen LogP contribution is 2.27. The number of hydrogen-bond donors (Lipinski definition) is 1. The van der Waals surface area contributed by atoms with Gasteiger partial charge in [0.2, 0.25) is 0 Å². The number of nitrogens with one attached hydrogen (secondary N) is 1. The number of aryl methyl sites for hydroxylation is 3. The van der Waals surface area contributed by atoms with Gasteiger partial charge in [-0.1, -0.05) is 30.3 Å². The number of rotatable bonds is 4. The van der Waals surface area contributed by atoms with E-state index in [1.807, 2.05) is 16.8 Å². The Kier molecular flexibility index (Phi) is 4.09. The van der Waals surface area contributed by atoms with Crippen LogP contribution in [0.1, 0.15) is 36.4 Å². The summed E-state index contributed by atoms with van der Waals surface area (Å²) >= 11 is 0. The lowest BCUT2D eigenvalue weighted by molar-refractivity contribution is 0.541. The number of nitrogens with zero attached hydrogens (tertiary/aromatic N) is 4. The summed E-state index contributed by atoms with van der Waals surface area (Å²) < 4.78 is 1.84. The van der Waals surface area contributed by atoms with Gasteiger partial charge in [0.25, 0.3) is 0 Å². The van der Waals surface area contributed by atoms with Gasteiger partial charge in [0.1, 0.15) is 0 Å². The van der Waals surface area contributed by atoms with Gasteiger partial charge in [-0.15, -0.1) is 5.10 Å². The quantitative estimate of drug-likeness (QED) is 0.791. The van der Waals surface area contributed by atoms with Gasteiger partial charge in [-0.25, -0.2) is 0 Å². The van der Waals surface area contributed by atoms with Gasteiger partial charge in [-0.05, 0) is 73.9 Å². The summed E-state index contributed by atoms with van der Waals surface area (Å²) in [6.45, 7) is 10.4. The average Bonchev–Trinajstić information content (AvgIpc) is 2.97. The van der Waals surface area contributed by atoms with Crippen molar-refractivity contribution >= 4 is 5.69 Å². The molecule has 0 radical (unpaired) electrons. The minimum absolute atomic E-state index is 0.425. The summed E-state index contributed by atoms with van der Waals surface area (Å²) in [7, 11) is 0. The molecule has 0 atom stereocenters. The lowest BCUT2D eigenvalue weighted by Crippen LogP contribution is -2.32. The molecule has 0 amide bonds. The Morgan fingerprint density at radius 3 is 2.29 bits per heavy atom. The Balaban J connectivity index is 2.03. The lowest BCUT2D eigenvalue weighted by Gasteiger charge is -2.27. The van der Waals surface area contributed by atoms with Crippen LogP contribution >= 0.6 is 0 Å². The summed E-state index contributed by atoms with van der Waals surface area (Å²) in [5.74, 6) is 0.779. The molecule has 3 aromatic rings. The van der Waals surface area contributed by atoms with E-state index in [1.54, 1.807) is 0 Å². The zero-order valence-electron chi connectivity index (χ0n) is 14.8. The van der Waals surface area contributed by atoms with Gasteiger partial charge in [0, 0.05) is 5.69 Å². The van der Waals surface area contributed by atoms with Crippen molar-refractivity contribution < 1.29 is 0 Å². The number of anilines is 1. The molecule has 0 aliphatic heterocycles. The minimum Gasteiger partial charge on any atom is -0.373 e. The van der Waals surface area contributed by atoms with Crippen molar-refractivity contribution in [3.05, 3.63) is 65.0 Å². The summed E-state index contributed by atoms with van der Waals surface area (Å²) in [5, 5.41) is 16.0. The second-order valence-electron chi connectivity index (χ2n) is 6.77. The van der Waals surface area contributed by atoms with E-state index in [-0.39, 0.29) is 0 Å². The maximum Gasteiger partial charge on any atom is 0.181 e. The van der Waals surface area contributed by atoms with Gasteiger partial charge >= 0.3 is 0 Å². The minimum atomic E-state index is -0.425. The predicted molar refractivity (Wildman–Crippen MR) is 96.5 cm³/mol. The second-order valence-corrected chi connectivity index (χ2v) is 6.77. The molecule has 1 heterocycles. The largest absolute Gasteiger partial charge is 0.373 e. The number of tetrazole rings is 1. The second kappa shape index (κ2) is 6.07. The molecule has 3 rings (SSSR count). The standard InChI is InChI=1S/C19H23N5/c1-13-8-6-11-16(12-13)20-19(4,5)18-21-22-23-24(18)17-14(2)9-7-10-15(17)3/h6-12,20H,1-5H3. The Morgan fingerprint density at radius 1 is 0.958 bits per heavy atom. The van der Waals surface area contributed by atoms with Gasteiger partial charge in [-0.3, -0.25) is 0 Å². The third kappa shape index (κ3) is 3.02. The number of aromatic nitrogens is 4. The monoisotopic (exact) mass is 321 g/mol. The van der Waals surface area contributed by atoms with Crippen molar-refractivity contribution in [3.63, 3.8) is 0 Å². The van der Waals surface area contributed by atoms with Gasteiger partial charge in [0.05, 0.1) is 11.2 Å². The molecule has 124 valence electrons. The van der Waals surface area contributed by atoms with Crippen molar-refractivity contribution in [1.82, 2.24) is 20.2 Å².